The molecule has 0 unspecified atom stereocenters. The van der Waals surface area contributed by atoms with E-state index in [0.29, 0.717) is 13.0 Å². The van der Waals surface area contributed by atoms with E-state index in [4.69, 9.17) is 10.1 Å². The van der Waals surface area contributed by atoms with Crippen LogP contribution in [0.2, 0.25) is 0 Å². The number of aliphatic hydroxyl groups is 1. The second-order valence-corrected chi connectivity index (χ2v) is 5.76. The van der Waals surface area contributed by atoms with Gasteiger partial charge in [0.25, 0.3) is 0 Å². The lowest BCUT2D eigenvalue weighted by molar-refractivity contribution is 0.299. The Kier molecular flexibility index (Phi) is 4.26. The predicted octanol–water partition coefficient (Wildman–Crippen LogP) is 3.44. The number of nitrogens with zero attached hydrogens (tertiary/aromatic N) is 3. The van der Waals surface area contributed by atoms with E-state index in [0.717, 1.165) is 33.4 Å². The van der Waals surface area contributed by atoms with E-state index in [9.17, 15) is 0 Å². The number of hydrogen-bond acceptors (Lipinski definition) is 3. The number of rotatable bonds is 5. The zero-order valence-corrected chi connectivity index (χ0v) is 13.6. The number of allylic oxidation sites excluding steroid dienone is 1. The van der Waals surface area contributed by atoms with E-state index in [1.807, 2.05) is 29.1 Å². The van der Waals surface area contributed by atoms with Gasteiger partial charge in [0.1, 0.15) is 0 Å². The molecule has 4 nitrogen and oxygen atoms in total. The van der Waals surface area contributed by atoms with E-state index < -0.39 is 0 Å². The number of aromatic nitrogens is 3. The van der Waals surface area contributed by atoms with Crippen molar-refractivity contribution in [3.05, 3.63) is 59.9 Å². The summed E-state index contributed by atoms with van der Waals surface area (Å²) in [6.07, 6.45) is 4.38. The van der Waals surface area contributed by atoms with E-state index in [-0.39, 0.29) is 6.61 Å². The molecule has 3 rings (SSSR count). The standard InChI is InChI=1S/C19H21N3O/c1-4-8-22-14(3)17(12-20-22)19-10-13(2)16-11-15(7-9-23)5-6-18(16)21-19/h4-6,10-12,23H,1,7-9H2,2-3H3. The number of fused-ring (bicyclic) bond motifs is 1. The Hall–Kier alpha value is -2.46. The van der Waals surface area contributed by atoms with Gasteiger partial charge in [0.15, 0.2) is 0 Å². The highest BCUT2D eigenvalue weighted by Gasteiger charge is 2.11. The van der Waals surface area contributed by atoms with Gasteiger partial charge in [-0.05, 0) is 49.6 Å². The van der Waals surface area contributed by atoms with Gasteiger partial charge in [-0.3, -0.25) is 4.68 Å². The van der Waals surface area contributed by atoms with Crippen LogP contribution < -0.4 is 0 Å². The first-order chi connectivity index (χ1) is 11.1. The lowest BCUT2D eigenvalue weighted by Gasteiger charge is -2.08. The van der Waals surface area contributed by atoms with Crippen molar-refractivity contribution in [1.29, 1.82) is 0 Å². The molecule has 1 N–H and O–H groups in total. The predicted molar refractivity (Wildman–Crippen MR) is 93.4 cm³/mol. The number of aryl methyl sites for hydroxylation is 1. The fraction of sp³-hybridized carbons (Fsp3) is 0.263. The third kappa shape index (κ3) is 2.90. The van der Waals surface area contributed by atoms with Gasteiger partial charge in [0.05, 0.1) is 24.0 Å². The second-order valence-electron chi connectivity index (χ2n) is 5.76. The summed E-state index contributed by atoms with van der Waals surface area (Å²) in [5, 5.41) is 14.6. The zero-order chi connectivity index (χ0) is 16.4. The van der Waals surface area contributed by atoms with Gasteiger partial charge in [-0.15, -0.1) is 6.58 Å². The molecule has 0 bridgehead atoms. The van der Waals surface area contributed by atoms with Crippen LogP contribution in [-0.4, -0.2) is 26.5 Å². The minimum Gasteiger partial charge on any atom is -0.396 e. The first-order valence-electron chi connectivity index (χ1n) is 7.79. The Morgan fingerprint density at radius 3 is 2.83 bits per heavy atom. The van der Waals surface area contributed by atoms with Gasteiger partial charge in [-0.2, -0.15) is 5.10 Å². The second kappa shape index (κ2) is 6.34. The van der Waals surface area contributed by atoms with Crippen LogP contribution in [0.15, 0.2) is 43.1 Å². The van der Waals surface area contributed by atoms with Crippen molar-refractivity contribution < 1.29 is 5.11 Å². The summed E-state index contributed by atoms with van der Waals surface area (Å²) in [4.78, 5) is 4.80. The number of benzene rings is 1. The molecule has 2 heterocycles. The van der Waals surface area contributed by atoms with Crippen LogP contribution in [0, 0.1) is 13.8 Å². The molecule has 0 fully saturated rings. The van der Waals surface area contributed by atoms with Crippen LogP contribution in [0.5, 0.6) is 0 Å². The Bertz CT molecular complexity index is 864. The lowest BCUT2D eigenvalue weighted by atomic mass is 10.0. The molecule has 1 aromatic carbocycles. The van der Waals surface area contributed by atoms with Crippen LogP contribution in [0.3, 0.4) is 0 Å². The minimum absolute atomic E-state index is 0.164. The molecule has 2 aromatic heterocycles. The molecule has 0 aliphatic carbocycles. The molecule has 0 amide bonds. The summed E-state index contributed by atoms with van der Waals surface area (Å²) in [5.74, 6) is 0. The molecule has 0 aliphatic rings. The smallest absolute Gasteiger partial charge is 0.0746 e. The van der Waals surface area contributed by atoms with E-state index >= 15 is 0 Å². The van der Waals surface area contributed by atoms with Crippen molar-refractivity contribution in [2.24, 2.45) is 0 Å². The average Bonchev–Trinajstić information content (AvgIpc) is 2.90. The van der Waals surface area contributed by atoms with E-state index in [2.05, 4.69) is 37.7 Å². The Morgan fingerprint density at radius 2 is 2.09 bits per heavy atom. The maximum atomic E-state index is 9.10. The fourth-order valence-corrected chi connectivity index (χ4v) is 2.87. The topological polar surface area (TPSA) is 50.9 Å². The van der Waals surface area contributed by atoms with E-state index in [1.54, 1.807) is 0 Å². The molecule has 0 radical (unpaired) electrons. The van der Waals surface area contributed by atoms with Crippen molar-refractivity contribution in [3.8, 4) is 11.3 Å². The molecule has 3 aromatic rings. The van der Waals surface area contributed by atoms with Crippen LogP contribution in [0.25, 0.3) is 22.2 Å². The van der Waals surface area contributed by atoms with Gasteiger partial charge < -0.3 is 5.11 Å². The Balaban J connectivity index is 2.09. The largest absolute Gasteiger partial charge is 0.396 e. The van der Waals surface area contributed by atoms with Crippen LogP contribution in [-0.2, 0) is 13.0 Å². The number of pyridine rings is 1. The molecule has 0 saturated heterocycles. The summed E-state index contributed by atoms with van der Waals surface area (Å²) < 4.78 is 1.92. The normalized spacial score (nSPS) is 11.1. The highest BCUT2D eigenvalue weighted by atomic mass is 16.2. The van der Waals surface area contributed by atoms with E-state index in [1.165, 1.54) is 5.56 Å². The molecular formula is C19H21N3O. The molecule has 4 heteroatoms. The van der Waals surface area contributed by atoms with Crippen molar-refractivity contribution >= 4 is 10.9 Å². The van der Waals surface area contributed by atoms with Crippen LogP contribution in [0.4, 0.5) is 0 Å². The van der Waals surface area contributed by atoms with Crippen molar-refractivity contribution in [1.82, 2.24) is 14.8 Å². The quantitative estimate of drug-likeness (QED) is 0.735. The minimum atomic E-state index is 0.164. The maximum absolute atomic E-state index is 9.10. The molecule has 23 heavy (non-hydrogen) atoms. The third-order valence-corrected chi connectivity index (χ3v) is 4.16. The molecule has 0 atom stereocenters. The molecular weight excluding hydrogens is 286 g/mol. The van der Waals surface area contributed by atoms with Crippen molar-refractivity contribution in [2.45, 2.75) is 26.8 Å². The first-order valence-corrected chi connectivity index (χ1v) is 7.79. The number of aliphatic hydroxyl groups excluding tert-OH is 1. The lowest BCUT2D eigenvalue weighted by Crippen LogP contribution is -2.00. The van der Waals surface area contributed by atoms with Gasteiger partial charge in [-0.25, -0.2) is 4.98 Å². The maximum Gasteiger partial charge on any atom is 0.0746 e. The highest BCUT2D eigenvalue weighted by Crippen LogP contribution is 2.27. The van der Waals surface area contributed by atoms with Gasteiger partial charge >= 0.3 is 0 Å². The SMILES string of the molecule is C=CCn1ncc(-c2cc(C)c3cc(CCO)ccc3n2)c1C. The van der Waals surface area contributed by atoms with Gasteiger partial charge in [-0.1, -0.05) is 12.1 Å². The summed E-state index contributed by atoms with van der Waals surface area (Å²) in [5.41, 5.74) is 6.37. The van der Waals surface area contributed by atoms with Crippen LogP contribution >= 0.6 is 0 Å². The van der Waals surface area contributed by atoms with Gasteiger partial charge in [0, 0.05) is 23.3 Å². The molecule has 0 spiro atoms. The summed E-state index contributed by atoms with van der Waals surface area (Å²) in [6, 6.07) is 8.28. The highest BCUT2D eigenvalue weighted by molar-refractivity contribution is 5.85. The molecule has 0 saturated carbocycles. The summed E-state index contributed by atoms with van der Waals surface area (Å²) in [6.45, 7) is 8.77. The fourth-order valence-electron chi connectivity index (χ4n) is 2.87. The van der Waals surface area contributed by atoms with Gasteiger partial charge in [0.2, 0.25) is 0 Å². The molecule has 118 valence electrons. The Labute approximate surface area is 136 Å². The van der Waals surface area contributed by atoms with Crippen LogP contribution in [0.1, 0.15) is 16.8 Å². The third-order valence-electron chi connectivity index (χ3n) is 4.16. The van der Waals surface area contributed by atoms with Crippen molar-refractivity contribution in [3.63, 3.8) is 0 Å². The Morgan fingerprint density at radius 1 is 1.26 bits per heavy atom. The first kappa shape index (κ1) is 15.4. The average molecular weight is 307 g/mol. The summed E-state index contributed by atoms with van der Waals surface area (Å²) >= 11 is 0. The summed E-state index contributed by atoms with van der Waals surface area (Å²) in [7, 11) is 0. The van der Waals surface area contributed by atoms with Crippen molar-refractivity contribution in [2.75, 3.05) is 6.61 Å². The zero-order valence-electron chi connectivity index (χ0n) is 13.6. The molecule has 0 aliphatic heterocycles. The monoisotopic (exact) mass is 307 g/mol. The number of hydrogen-bond donors (Lipinski definition) is 1.